The van der Waals surface area contributed by atoms with E-state index in [0.29, 0.717) is 36.0 Å². The molecule has 0 fully saturated rings. The second kappa shape index (κ2) is 6.85. The maximum absolute atomic E-state index is 13.0. The van der Waals surface area contributed by atoms with Crippen LogP contribution in [0.4, 0.5) is 5.13 Å². The van der Waals surface area contributed by atoms with Crippen LogP contribution in [0.15, 0.2) is 41.1 Å². The lowest BCUT2D eigenvalue weighted by Gasteiger charge is -2.26. The number of H-pyrrole nitrogens is 1. The van der Waals surface area contributed by atoms with Gasteiger partial charge in [-0.3, -0.25) is 14.9 Å². The molecule has 9 heteroatoms. The molecule has 1 aliphatic rings. The number of anilines is 1. The van der Waals surface area contributed by atoms with Crippen LogP contribution in [0.5, 0.6) is 0 Å². The minimum atomic E-state index is -0.360. The Morgan fingerprint density at radius 1 is 1.28 bits per heavy atom. The van der Waals surface area contributed by atoms with E-state index in [4.69, 9.17) is 4.52 Å². The number of thiazole rings is 1. The average molecular weight is 407 g/mol. The van der Waals surface area contributed by atoms with Gasteiger partial charge in [-0.1, -0.05) is 16.5 Å². The fourth-order valence-electron chi connectivity index (χ4n) is 3.43. The van der Waals surface area contributed by atoms with Crippen LogP contribution in [0.3, 0.4) is 0 Å². The lowest BCUT2D eigenvalue weighted by molar-refractivity contribution is 0.0736. The van der Waals surface area contributed by atoms with Crippen molar-refractivity contribution in [1.82, 2.24) is 20.0 Å². The van der Waals surface area contributed by atoms with E-state index < -0.39 is 0 Å². The van der Waals surface area contributed by atoms with Crippen LogP contribution in [-0.2, 0) is 13.0 Å². The normalized spacial score (nSPS) is 13.5. The SMILES string of the molecule is Cc1cc(C(=O)Nc2nc3c(s2)CN(C(=O)c2ccc4[nH]ccc4c2)CC3)no1. The Morgan fingerprint density at radius 2 is 2.17 bits per heavy atom. The van der Waals surface area contributed by atoms with Crippen LogP contribution in [0, 0.1) is 6.92 Å². The first kappa shape index (κ1) is 17.6. The van der Waals surface area contributed by atoms with Gasteiger partial charge in [0.1, 0.15) is 5.76 Å². The van der Waals surface area contributed by atoms with Gasteiger partial charge in [-0.2, -0.15) is 0 Å². The summed E-state index contributed by atoms with van der Waals surface area (Å²) >= 11 is 1.39. The minimum absolute atomic E-state index is 0.00388. The van der Waals surface area contributed by atoms with Crippen LogP contribution in [-0.4, -0.2) is 38.4 Å². The second-order valence-electron chi connectivity index (χ2n) is 6.92. The number of rotatable bonds is 3. The summed E-state index contributed by atoms with van der Waals surface area (Å²) in [7, 11) is 0. The average Bonchev–Trinajstić information content (AvgIpc) is 3.44. The number of carbonyl (C=O) groups is 2. The van der Waals surface area contributed by atoms with E-state index >= 15 is 0 Å². The molecule has 2 amide bonds. The van der Waals surface area contributed by atoms with Gasteiger partial charge in [0.25, 0.3) is 11.8 Å². The molecule has 8 nitrogen and oxygen atoms in total. The Balaban J connectivity index is 1.31. The number of aromatic nitrogens is 3. The lowest BCUT2D eigenvalue weighted by Crippen LogP contribution is -2.35. The molecule has 0 saturated heterocycles. The first-order chi connectivity index (χ1) is 14.1. The standard InChI is InChI=1S/C20H17N5O3S/c1-11-8-16(24-28-11)18(26)23-20-22-15-5-7-25(10-17(15)29-20)19(27)13-2-3-14-12(9-13)4-6-21-14/h2-4,6,8-9,21H,5,7,10H2,1H3,(H,22,23,26). The zero-order chi connectivity index (χ0) is 20.0. The molecule has 0 radical (unpaired) electrons. The van der Waals surface area contributed by atoms with Crippen molar-refractivity contribution >= 4 is 39.2 Å². The fourth-order valence-corrected chi connectivity index (χ4v) is 4.44. The molecule has 1 aliphatic heterocycles. The maximum Gasteiger partial charge on any atom is 0.279 e. The predicted molar refractivity (Wildman–Crippen MR) is 108 cm³/mol. The van der Waals surface area contributed by atoms with Crippen LogP contribution in [0.2, 0.25) is 0 Å². The summed E-state index contributed by atoms with van der Waals surface area (Å²) in [6, 6.07) is 9.19. The smallest absolute Gasteiger partial charge is 0.279 e. The van der Waals surface area contributed by atoms with Crippen LogP contribution >= 0.6 is 11.3 Å². The molecule has 146 valence electrons. The first-order valence-electron chi connectivity index (χ1n) is 9.16. The third kappa shape index (κ3) is 3.29. The van der Waals surface area contributed by atoms with Gasteiger partial charge in [0, 0.05) is 46.6 Å². The summed E-state index contributed by atoms with van der Waals surface area (Å²) in [5, 5.41) is 7.99. The number of benzene rings is 1. The Morgan fingerprint density at radius 3 is 3.00 bits per heavy atom. The molecule has 0 bridgehead atoms. The van der Waals surface area contributed by atoms with Gasteiger partial charge in [-0.15, -0.1) is 0 Å². The topological polar surface area (TPSA) is 104 Å². The summed E-state index contributed by atoms with van der Waals surface area (Å²) in [5.41, 5.74) is 2.81. The van der Waals surface area contributed by atoms with Crippen molar-refractivity contribution in [1.29, 1.82) is 0 Å². The highest BCUT2D eigenvalue weighted by atomic mass is 32.1. The molecule has 0 unspecified atom stereocenters. The molecule has 0 saturated carbocycles. The first-order valence-corrected chi connectivity index (χ1v) is 9.98. The highest BCUT2D eigenvalue weighted by Gasteiger charge is 2.26. The highest BCUT2D eigenvalue weighted by molar-refractivity contribution is 7.15. The molecular weight excluding hydrogens is 390 g/mol. The Bertz CT molecular complexity index is 1240. The molecule has 29 heavy (non-hydrogen) atoms. The number of aromatic amines is 1. The number of hydrogen-bond acceptors (Lipinski definition) is 6. The summed E-state index contributed by atoms with van der Waals surface area (Å²) in [5.74, 6) is 0.206. The molecule has 4 aromatic rings. The van der Waals surface area contributed by atoms with E-state index in [1.54, 1.807) is 13.0 Å². The highest BCUT2D eigenvalue weighted by Crippen LogP contribution is 2.29. The van der Waals surface area contributed by atoms with Crippen molar-refractivity contribution < 1.29 is 14.1 Å². The number of nitrogens with zero attached hydrogens (tertiary/aromatic N) is 3. The number of amides is 2. The minimum Gasteiger partial charge on any atom is -0.361 e. The Hall–Kier alpha value is -3.46. The van der Waals surface area contributed by atoms with Gasteiger partial charge >= 0.3 is 0 Å². The number of nitrogens with one attached hydrogen (secondary N) is 2. The zero-order valence-corrected chi connectivity index (χ0v) is 16.4. The molecule has 1 aromatic carbocycles. The van der Waals surface area contributed by atoms with Gasteiger partial charge in [0.2, 0.25) is 0 Å². The molecule has 3 aromatic heterocycles. The van der Waals surface area contributed by atoms with E-state index in [1.165, 1.54) is 11.3 Å². The van der Waals surface area contributed by atoms with Crippen molar-refractivity contribution in [2.24, 2.45) is 0 Å². The Labute approximate surface area is 169 Å². The van der Waals surface area contributed by atoms with Crippen molar-refractivity contribution in [3.63, 3.8) is 0 Å². The van der Waals surface area contributed by atoms with Gasteiger partial charge in [0.15, 0.2) is 10.8 Å². The van der Waals surface area contributed by atoms with Gasteiger partial charge in [-0.25, -0.2) is 4.98 Å². The number of hydrogen-bond donors (Lipinski definition) is 2. The van der Waals surface area contributed by atoms with E-state index in [-0.39, 0.29) is 17.5 Å². The van der Waals surface area contributed by atoms with Gasteiger partial charge in [0.05, 0.1) is 12.2 Å². The van der Waals surface area contributed by atoms with Crippen molar-refractivity contribution in [2.45, 2.75) is 19.9 Å². The summed E-state index contributed by atoms with van der Waals surface area (Å²) in [6.45, 7) is 2.80. The second-order valence-corrected chi connectivity index (χ2v) is 8.01. The quantitative estimate of drug-likeness (QED) is 0.542. The molecular formula is C20H17N5O3S. The fraction of sp³-hybridized carbons (Fsp3) is 0.200. The largest absolute Gasteiger partial charge is 0.361 e. The third-order valence-corrected chi connectivity index (χ3v) is 5.90. The molecule has 2 N–H and O–H groups in total. The van der Waals surface area contributed by atoms with E-state index in [1.807, 2.05) is 35.4 Å². The summed E-state index contributed by atoms with van der Waals surface area (Å²) < 4.78 is 4.93. The van der Waals surface area contributed by atoms with E-state index in [2.05, 4.69) is 20.4 Å². The molecule has 0 spiro atoms. The Kier molecular flexibility index (Phi) is 4.17. The van der Waals surface area contributed by atoms with Gasteiger partial charge in [-0.05, 0) is 31.2 Å². The molecule has 0 aliphatic carbocycles. The summed E-state index contributed by atoms with van der Waals surface area (Å²) in [4.78, 5) is 35.7. The molecule has 4 heterocycles. The van der Waals surface area contributed by atoms with Crippen molar-refractivity contribution in [3.8, 4) is 0 Å². The maximum atomic E-state index is 13.0. The van der Waals surface area contributed by atoms with Crippen LogP contribution < -0.4 is 5.32 Å². The van der Waals surface area contributed by atoms with E-state index in [0.717, 1.165) is 21.5 Å². The number of aryl methyl sites for hydroxylation is 1. The lowest BCUT2D eigenvalue weighted by atomic mass is 10.1. The predicted octanol–water partition coefficient (Wildman–Crippen LogP) is 3.37. The number of carbonyl (C=O) groups excluding carboxylic acids is 2. The van der Waals surface area contributed by atoms with E-state index in [9.17, 15) is 9.59 Å². The zero-order valence-electron chi connectivity index (χ0n) is 15.6. The van der Waals surface area contributed by atoms with Gasteiger partial charge < -0.3 is 14.4 Å². The molecule has 0 atom stereocenters. The van der Waals surface area contributed by atoms with Crippen molar-refractivity contribution in [3.05, 3.63) is 64.1 Å². The monoisotopic (exact) mass is 407 g/mol. The summed E-state index contributed by atoms with van der Waals surface area (Å²) in [6.07, 6.45) is 2.52. The van der Waals surface area contributed by atoms with Crippen LogP contribution in [0.25, 0.3) is 10.9 Å². The van der Waals surface area contributed by atoms with Crippen molar-refractivity contribution in [2.75, 3.05) is 11.9 Å². The molecule has 5 rings (SSSR count). The third-order valence-electron chi connectivity index (χ3n) is 4.90. The van der Waals surface area contributed by atoms with Crippen LogP contribution in [0.1, 0.15) is 37.2 Å². The number of fused-ring (bicyclic) bond motifs is 2.